The summed E-state index contributed by atoms with van der Waals surface area (Å²) in [5.41, 5.74) is 2.03. The lowest BCUT2D eigenvalue weighted by atomic mass is 10.1. The van der Waals surface area contributed by atoms with E-state index in [1.54, 1.807) is 0 Å². The van der Waals surface area contributed by atoms with E-state index in [1.165, 1.54) is 5.56 Å². The number of aromatic nitrogens is 1. The van der Waals surface area contributed by atoms with Gasteiger partial charge in [-0.25, -0.2) is 4.98 Å². The fourth-order valence-electron chi connectivity index (χ4n) is 1.46. The fourth-order valence-corrected chi connectivity index (χ4v) is 1.71. The van der Waals surface area contributed by atoms with Crippen LogP contribution < -0.4 is 0 Å². The van der Waals surface area contributed by atoms with Gasteiger partial charge in [-0.15, -0.1) is 11.6 Å². The fraction of sp³-hybridized carbons (Fsp3) is 0.250. The minimum absolute atomic E-state index is 0.407. The van der Waals surface area contributed by atoms with Crippen molar-refractivity contribution in [3.05, 3.63) is 53.2 Å². The second-order valence-electron chi connectivity index (χ2n) is 3.41. The first-order chi connectivity index (χ1) is 7.29. The standard InChI is InChI=1S/C12H12ClNO/c1-9-11(8-13)14-12(15-9)7-10-5-3-2-4-6-10/h2-6H,7-8H2,1H3. The molecule has 0 atom stereocenters. The zero-order chi connectivity index (χ0) is 10.7. The molecule has 0 bridgehead atoms. The van der Waals surface area contributed by atoms with Gasteiger partial charge in [-0.1, -0.05) is 30.3 Å². The van der Waals surface area contributed by atoms with E-state index in [-0.39, 0.29) is 0 Å². The third-order valence-corrected chi connectivity index (χ3v) is 2.51. The van der Waals surface area contributed by atoms with Crippen molar-refractivity contribution in [1.29, 1.82) is 0 Å². The van der Waals surface area contributed by atoms with E-state index in [9.17, 15) is 0 Å². The van der Waals surface area contributed by atoms with Gasteiger partial charge in [0.1, 0.15) is 5.76 Å². The van der Waals surface area contributed by atoms with Crippen LogP contribution in [0, 0.1) is 6.92 Å². The average molecular weight is 222 g/mol. The highest BCUT2D eigenvalue weighted by atomic mass is 35.5. The first kappa shape index (κ1) is 10.2. The van der Waals surface area contributed by atoms with Crippen molar-refractivity contribution in [2.24, 2.45) is 0 Å². The summed E-state index contributed by atoms with van der Waals surface area (Å²) in [6.45, 7) is 1.89. The highest BCUT2D eigenvalue weighted by Crippen LogP contribution is 2.15. The molecule has 2 nitrogen and oxygen atoms in total. The maximum absolute atomic E-state index is 5.73. The lowest BCUT2D eigenvalue weighted by Gasteiger charge is -1.95. The van der Waals surface area contributed by atoms with Gasteiger partial charge in [-0.2, -0.15) is 0 Å². The molecule has 2 aromatic rings. The summed E-state index contributed by atoms with van der Waals surface area (Å²) in [6, 6.07) is 10.1. The van der Waals surface area contributed by atoms with Crippen molar-refractivity contribution in [2.75, 3.05) is 0 Å². The number of nitrogens with zero attached hydrogens (tertiary/aromatic N) is 1. The quantitative estimate of drug-likeness (QED) is 0.744. The van der Waals surface area contributed by atoms with Crippen LogP contribution in [0.2, 0.25) is 0 Å². The van der Waals surface area contributed by atoms with Crippen LogP contribution in [0.5, 0.6) is 0 Å². The van der Waals surface area contributed by atoms with E-state index in [0.29, 0.717) is 5.88 Å². The SMILES string of the molecule is Cc1oc(Cc2ccccc2)nc1CCl. The van der Waals surface area contributed by atoms with Crippen LogP contribution in [0.25, 0.3) is 0 Å². The Hall–Kier alpha value is -1.28. The molecule has 0 fully saturated rings. The maximum Gasteiger partial charge on any atom is 0.199 e. The molecule has 0 saturated carbocycles. The van der Waals surface area contributed by atoms with Crippen molar-refractivity contribution in [1.82, 2.24) is 4.98 Å². The van der Waals surface area contributed by atoms with Gasteiger partial charge in [0.15, 0.2) is 5.89 Å². The molecule has 0 saturated heterocycles. The molecule has 0 aliphatic rings. The molecule has 78 valence electrons. The molecule has 15 heavy (non-hydrogen) atoms. The van der Waals surface area contributed by atoms with Gasteiger partial charge >= 0.3 is 0 Å². The summed E-state index contributed by atoms with van der Waals surface area (Å²) in [5, 5.41) is 0. The van der Waals surface area contributed by atoms with Gasteiger partial charge in [-0.05, 0) is 12.5 Å². The number of hydrogen-bond acceptors (Lipinski definition) is 2. The Balaban J connectivity index is 2.18. The van der Waals surface area contributed by atoms with Crippen LogP contribution in [0.15, 0.2) is 34.7 Å². The van der Waals surface area contributed by atoms with Crippen LogP contribution in [-0.4, -0.2) is 4.98 Å². The molecule has 0 spiro atoms. The first-order valence-corrected chi connectivity index (χ1v) is 5.38. The Morgan fingerprint density at radius 3 is 2.60 bits per heavy atom. The van der Waals surface area contributed by atoms with Crippen LogP contribution in [0.3, 0.4) is 0 Å². The predicted molar refractivity (Wildman–Crippen MR) is 60.0 cm³/mol. The zero-order valence-corrected chi connectivity index (χ0v) is 9.29. The minimum atomic E-state index is 0.407. The Morgan fingerprint density at radius 2 is 2.00 bits per heavy atom. The number of oxazole rings is 1. The molecule has 0 aliphatic carbocycles. The lowest BCUT2D eigenvalue weighted by Crippen LogP contribution is -1.88. The first-order valence-electron chi connectivity index (χ1n) is 4.84. The van der Waals surface area contributed by atoms with Crippen molar-refractivity contribution < 1.29 is 4.42 Å². The van der Waals surface area contributed by atoms with Crippen LogP contribution >= 0.6 is 11.6 Å². The van der Waals surface area contributed by atoms with Gasteiger partial charge in [-0.3, -0.25) is 0 Å². The normalized spacial score (nSPS) is 10.5. The van der Waals surface area contributed by atoms with Crippen LogP contribution in [0.1, 0.15) is 22.9 Å². The molecular weight excluding hydrogens is 210 g/mol. The van der Waals surface area contributed by atoms with Gasteiger partial charge in [0.2, 0.25) is 0 Å². The highest BCUT2D eigenvalue weighted by Gasteiger charge is 2.08. The van der Waals surface area contributed by atoms with Crippen molar-refractivity contribution in [2.45, 2.75) is 19.2 Å². The zero-order valence-electron chi connectivity index (χ0n) is 8.53. The number of halogens is 1. The Bertz CT molecular complexity index is 436. The van der Waals surface area contributed by atoms with Gasteiger partial charge in [0.05, 0.1) is 11.6 Å². The Labute approximate surface area is 93.9 Å². The van der Waals surface area contributed by atoms with E-state index in [1.807, 2.05) is 25.1 Å². The molecule has 0 unspecified atom stereocenters. The summed E-state index contributed by atoms with van der Waals surface area (Å²) in [5.74, 6) is 1.95. The third-order valence-electron chi connectivity index (χ3n) is 2.26. The molecule has 2 rings (SSSR count). The minimum Gasteiger partial charge on any atom is -0.445 e. The van der Waals surface area contributed by atoms with Crippen molar-refractivity contribution in [3.63, 3.8) is 0 Å². The van der Waals surface area contributed by atoms with Gasteiger partial charge in [0, 0.05) is 6.42 Å². The average Bonchev–Trinajstić information content (AvgIpc) is 2.60. The van der Waals surface area contributed by atoms with E-state index in [2.05, 4.69) is 17.1 Å². The molecule has 0 radical (unpaired) electrons. The van der Waals surface area contributed by atoms with Gasteiger partial charge < -0.3 is 4.42 Å². The number of hydrogen-bond donors (Lipinski definition) is 0. The highest BCUT2D eigenvalue weighted by molar-refractivity contribution is 6.16. The predicted octanol–water partition coefficient (Wildman–Crippen LogP) is 3.31. The van der Waals surface area contributed by atoms with E-state index < -0.39 is 0 Å². The number of alkyl halides is 1. The van der Waals surface area contributed by atoms with Crippen LogP contribution in [-0.2, 0) is 12.3 Å². The largest absolute Gasteiger partial charge is 0.445 e. The Morgan fingerprint density at radius 1 is 1.27 bits per heavy atom. The topological polar surface area (TPSA) is 26.0 Å². The third kappa shape index (κ3) is 2.39. The molecule has 0 N–H and O–H groups in total. The molecular formula is C12H12ClNO. The van der Waals surface area contributed by atoms with E-state index in [0.717, 1.165) is 23.8 Å². The summed E-state index contributed by atoms with van der Waals surface area (Å²) >= 11 is 5.73. The Kier molecular flexibility index (Phi) is 3.07. The molecule has 1 heterocycles. The van der Waals surface area contributed by atoms with E-state index in [4.69, 9.17) is 16.0 Å². The number of aryl methyl sites for hydroxylation is 1. The smallest absolute Gasteiger partial charge is 0.199 e. The molecule has 0 aliphatic heterocycles. The van der Waals surface area contributed by atoms with Gasteiger partial charge in [0.25, 0.3) is 0 Å². The number of rotatable bonds is 3. The summed E-state index contributed by atoms with van der Waals surface area (Å²) < 4.78 is 5.51. The molecule has 3 heteroatoms. The number of benzene rings is 1. The second-order valence-corrected chi connectivity index (χ2v) is 3.67. The summed E-state index contributed by atoms with van der Waals surface area (Å²) in [6.07, 6.45) is 0.721. The summed E-state index contributed by atoms with van der Waals surface area (Å²) in [4.78, 5) is 4.32. The molecule has 0 amide bonds. The summed E-state index contributed by atoms with van der Waals surface area (Å²) in [7, 11) is 0. The molecule has 1 aromatic heterocycles. The van der Waals surface area contributed by atoms with Crippen molar-refractivity contribution in [3.8, 4) is 0 Å². The monoisotopic (exact) mass is 221 g/mol. The van der Waals surface area contributed by atoms with E-state index >= 15 is 0 Å². The maximum atomic E-state index is 5.73. The van der Waals surface area contributed by atoms with Crippen LogP contribution in [0.4, 0.5) is 0 Å². The second kappa shape index (κ2) is 4.49. The van der Waals surface area contributed by atoms with Crippen molar-refractivity contribution >= 4 is 11.6 Å². The molecule has 1 aromatic carbocycles. The lowest BCUT2D eigenvalue weighted by molar-refractivity contribution is 0.481.